The molecular weight excluding hydrogens is 334 g/mol. The molecule has 4 heteroatoms. The summed E-state index contributed by atoms with van der Waals surface area (Å²) in [4.78, 5) is 9.51. The number of rotatable bonds is 5. The number of aromatic nitrogens is 1. The van der Waals surface area contributed by atoms with E-state index in [4.69, 9.17) is 4.42 Å². The van der Waals surface area contributed by atoms with Crippen LogP contribution in [0.4, 0.5) is 0 Å². The van der Waals surface area contributed by atoms with Crippen molar-refractivity contribution < 1.29 is 4.42 Å². The second-order valence-electron chi connectivity index (χ2n) is 7.32. The van der Waals surface area contributed by atoms with Crippen LogP contribution in [0.3, 0.4) is 0 Å². The minimum Gasteiger partial charge on any atom is -0.439 e. The summed E-state index contributed by atoms with van der Waals surface area (Å²) >= 11 is 0. The third-order valence-electron chi connectivity index (χ3n) is 5.31. The molecule has 1 fully saturated rings. The monoisotopic (exact) mass is 361 g/mol. The third-order valence-corrected chi connectivity index (χ3v) is 5.31. The lowest BCUT2D eigenvalue weighted by Crippen LogP contribution is -2.30. The van der Waals surface area contributed by atoms with Crippen LogP contribution in [0.15, 0.2) is 65.2 Å². The Balaban J connectivity index is 1.34. The minimum absolute atomic E-state index is 0.783. The van der Waals surface area contributed by atoms with Crippen molar-refractivity contribution in [1.29, 1.82) is 0 Å². The van der Waals surface area contributed by atoms with Crippen molar-refractivity contribution in [3.05, 3.63) is 77.8 Å². The zero-order valence-corrected chi connectivity index (χ0v) is 16.0. The SMILES string of the molecule is Cc1ccccc1CN1CCCN(Cc2ncc(-c3ccccc3)o2)CC1. The van der Waals surface area contributed by atoms with E-state index in [1.165, 1.54) is 17.5 Å². The van der Waals surface area contributed by atoms with Crippen molar-refractivity contribution in [2.45, 2.75) is 26.4 Å². The number of hydrogen-bond donors (Lipinski definition) is 0. The van der Waals surface area contributed by atoms with Gasteiger partial charge in [-0.25, -0.2) is 4.98 Å². The van der Waals surface area contributed by atoms with E-state index in [0.29, 0.717) is 0 Å². The van der Waals surface area contributed by atoms with Crippen LogP contribution in [0, 0.1) is 6.92 Å². The van der Waals surface area contributed by atoms with Crippen LogP contribution in [-0.2, 0) is 13.1 Å². The van der Waals surface area contributed by atoms with Gasteiger partial charge in [0.05, 0.1) is 12.7 Å². The Morgan fingerprint density at radius 2 is 1.56 bits per heavy atom. The second-order valence-corrected chi connectivity index (χ2v) is 7.32. The smallest absolute Gasteiger partial charge is 0.209 e. The predicted molar refractivity (Wildman–Crippen MR) is 108 cm³/mol. The average Bonchev–Trinajstić information content (AvgIpc) is 3.05. The molecule has 1 aliphatic heterocycles. The Hall–Kier alpha value is -2.43. The molecule has 1 aliphatic rings. The third kappa shape index (κ3) is 4.65. The standard InChI is InChI=1S/C23H27N3O/c1-19-8-5-6-11-21(19)17-25-12-7-13-26(15-14-25)18-23-24-16-22(27-23)20-9-3-2-4-10-20/h2-6,8-11,16H,7,12-15,17-18H2,1H3. The van der Waals surface area contributed by atoms with Crippen LogP contribution < -0.4 is 0 Å². The molecule has 0 bridgehead atoms. The molecule has 1 aromatic heterocycles. The highest BCUT2D eigenvalue weighted by atomic mass is 16.4. The fourth-order valence-electron chi connectivity index (χ4n) is 3.68. The molecule has 27 heavy (non-hydrogen) atoms. The highest BCUT2D eigenvalue weighted by Gasteiger charge is 2.17. The first-order chi connectivity index (χ1) is 13.3. The Kier molecular flexibility index (Phi) is 5.66. The topological polar surface area (TPSA) is 32.5 Å². The molecule has 3 aromatic rings. The summed E-state index contributed by atoms with van der Waals surface area (Å²) in [6, 6.07) is 18.9. The molecular formula is C23H27N3O. The number of nitrogens with zero attached hydrogens (tertiary/aromatic N) is 3. The van der Waals surface area contributed by atoms with Gasteiger partial charge in [0.15, 0.2) is 5.76 Å². The van der Waals surface area contributed by atoms with Crippen molar-refractivity contribution in [2.75, 3.05) is 26.2 Å². The maximum Gasteiger partial charge on any atom is 0.209 e. The summed E-state index contributed by atoms with van der Waals surface area (Å²) in [5.41, 5.74) is 3.90. The van der Waals surface area contributed by atoms with E-state index < -0.39 is 0 Å². The molecule has 4 nitrogen and oxygen atoms in total. The summed E-state index contributed by atoms with van der Waals surface area (Å²) in [7, 11) is 0. The lowest BCUT2D eigenvalue weighted by molar-refractivity contribution is 0.232. The second kappa shape index (κ2) is 8.51. The Morgan fingerprint density at radius 3 is 2.33 bits per heavy atom. The van der Waals surface area contributed by atoms with Crippen molar-refractivity contribution in [3.8, 4) is 11.3 Å². The van der Waals surface area contributed by atoms with Gasteiger partial charge in [-0.15, -0.1) is 0 Å². The number of hydrogen-bond acceptors (Lipinski definition) is 4. The van der Waals surface area contributed by atoms with Gasteiger partial charge in [0.2, 0.25) is 5.89 Å². The first kappa shape index (κ1) is 18.0. The summed E-state index contributed by atoms with van der Waals surface area (Å²) in [6.07, 6.45) is 3.02. The van der Waals surface area contributed by atoms with Crippen LogP contribution >= 0.6 is 0 Å². The summed E-state index contributed by atoms with van der Waals surface area (Å²) in [5, 5.41) is 0. The maximum atomic E-state index is 5.99. The molecule has 0 N–H and O–H groups in total. The number of benzene rings is 2. The van der Waals surface area contributed by atoms with Gasteiger partial charge < -0.3 is 4.42 Å². The van der Waals surface area contributed by atoms with Crippen molar-refractivity contribution in [1.82, 2.24) is 14.8 Å². The molecule has 2 heterocycles. The highest BCUT2D eigenvalue weighted by Crippen LogP contribution is 2.21. The summed E-state index contributed by atoms with van der Waals surface area (Å²) in [6.45, 7) is 8.39. The number of oxazole rings is 1. The lowest BCUT2D eigenvalue weighted by Gasteiger charge is -2.21. The van der Waals surface area contributed by atoms with E-state index in [9.17, 15) is 0 Å². The molecule has 0 spiro atoms. The van der Waals surface area contributed by atoms with Crippen LogP contribution in [0.1, 0.15) is 23.4 Å². The molecule has 2 aromatic carbocycles. The van der Waals surface area contributed by atoms with Crippen LogP contribution in [0.5, 0.6) is 0 Å². The predicted octanol–water partition coefficient (Wildman–Crippen LogP) is 4.36. The molecule has 0 unspecified atom stereocenters. The molecule has 140 valence electrons. The van der Waals surface area contributed by atoms with Gasteiger partial charge in [0.1, 0.15) is 0 Å². The van der Waals surface area contributed by atoms with Gasteiger partial charge in [-0.05, 0) is 37.6 Å². The largest absolute Gasteiger partial charge is 0.439 e. The number of aryl methyl sites for hydroxylation is 1. The van der Waals surface area contributed by atoms with Gasteiger partial charge >= 0.3 is 0 Å². The van der Waals surface area contributed by atoms with Gasteiger partial charge in [-0.3, -0.25) is 9.80 Å². The quantitative estimate of drug-likeness (QED) is 0.676. The van der Waals surface area contributed by atoms with E-state index in [2.05, 4.69) is 58.1 Å². The molecule has 1 saturated heterocycles. The zero-order chi connectivity index (χ0) is 18.5. The van der Waals surface area contributed by atoms with Crippen LogP contribution in [-0.4, -0.2) is 41.0 Å². The summed E-state index contributed by atoms with van der Waals surface area (Å²) in [5.74, 6) is 1.66. The van der Waals surface area contributed by atoms with Crippen LogP contribution in [0.2, 0.25) is 0 Å². The molecule has 0 aliphatic carbocycles. The van der Waals surface area contributed by atoms with E-state index in [1.807, 2.05) is 24.4 Å². The van der Waals surface area contributed by atoms with Crippen molar-refractivity contribution in [2.24, 2.45) is 0 Å². The molecule has 4 rings (SSSR count). The van der Waals surface area contributed by atoms with Crippen molar-refractivity contribution in [3.63, 3.8) is 0 Å². The normalized spacial score (nSPS) is 16.3. The summed E-state index contributed by atoms with van der Waals surface area (Å²) < 4.78 is 5.99. The van der Waals surface area contributed by atoms with Gasteiger partial charge in [-0.2, -0.15) is 0 Å². The Morgan fingerprint density at radius 1 is 0.852 bits per heavy atom. The van der Waals surface area contributed by atoms with E-state index in [-0.39, 0.29) is 0 Å². The Labute approximate surface area is 161 Å². The molecule has 0 atom stereocenters. The van der Waals surface area contributed by atoms with Gasteiger partial charge in [-0.1, -0.05) is 54.6 Å². The van der Waals surface area contributed by atoms with Gasteiger partial charge in [0, 0.05) is 25.2 Å². The maximum absolute atomic E-state index is 5.99. The fraction of sp³-hybridized carbons (Fsp3) is 0.348. The lowest BCUT2D eigenvalue weighted by atomic mass is 10.1. The van der Waals surface area contributed by atoms with E-state index >= 15 is 0 Å². The van der Waals surface area contributed by atoms with E-state index in [1.54, 1.807) is 0 Å². The molecule has 0 radical (unpaired) electrons. The highest BCUT2D eigenvalue weighted by molar-refractivity contribution is 5.55. The Bertz CT molecular complexity index is 859. The molecule has 0 amide bonds. The first-order valence-electron chi connectivity index (χ1n) is 9.77. The zero-order valence-electron chi connectivity index (χ0n) is 16.0. The minimum atomic E-state index is 0.783. The van der Waals surface area contributed by atoms with Crippen molar-refractivity contribution >= 4 is 0 Å². The van der Waals surface area contributed by atoms with E-state index in [0.717, 1.165) is 56.5 Å². The average molecular weight is 361 g/mol. The van der Waals surface area contributed by atoms with Crippen LogP contribution in [0.25, 0.3) is 11.3 Å². The fourth-order valence-corrected chi connectivity index (χ4v) is 3.68. The van der Waals surface area contributed by atoms with Gasteiger partial charge in [0.25, 0.3) is 0 Å². The first-order valence-corrected chi connectivity index (χ1v) is 9.77. The molecule has 0 saturated carbocycles.